The molecule has 144 valence electrons. The van der Waals surface area contributed by atoms with Crippen LogP contribution in [0.5, 0.6) is 0 Å². The first-order valence-electron chi connectivity index (χ1n) is 10.5. The van der Waals surface area contributed by atoms with E-state index >= 15 is 0 Å². The van der Waals surface area contributed by atoms with Gasteiger partial charge in [-0.3, -0.25) is 4.79 Å². The molecule has 0 aliphatic heterocycles. The SMILES string of the molecule is CCCCCCCCN[C@@H]1C[C@H]1c1ccc(NC(=O)c2ccccc2)cc1. The molecular weight excluding hydrogens is 332 g/mol. The molecule has 0 aromatic heterocycles. The van der Waals surface area contributed by atoms with Crippen molar-refractivity contribution in [3.8, 4) is 0 Å². The molecule has 2 aromatic rings. The Morgan fingerprint density at radius 3 is 2.37 bits per heavy atom. The first-order chi connectivity index (χ1) is 13.3. The summed E-state index contributed by atoms with van der Waals surface area (Å²) in [5.41, 5.74) is 2.90. The number of carbonyl (C=O) groups excluding carboxylic acids is 1. The van der Waals surface area contributed by atoms with Gasteiger partial charge in [-0.15, -0.1) is 0 Å². The Bertz CT molecular complexity index is 696. The molecule has 2 aromatic carbocycles. The van der Waals surface area contributed by atoms with Crippen LogP contribution in [0.15, 0.2) is 54.6 Å². The van der Waals surface area contributed by atoms with Gasteiger partial charge in [0, 0.05) is 23.2 Å². The number of nitrogens with one attached hydrogen (secondary N) is 2. The quantitative estimate of drug-likeness (QED) is 0.499. The largest absolute Gasteiger partial charge is 0.322 e. The van der Waals surface area contributed by atoms with Crippen LogP contribution in [-0.2, 0) is 0 Å². The fourth-order valence-electron chi connectivity index (χ4n) is 3.59. The number of amides is 1. The molecule has 2 atom stereocenters. The summed E-state index contributed by atoms with van der Waals surface area (Å²) in [6.45, 7) is 3.40. The van der Waals surface area contributed by atoms with Crippen molar-refractivity contribution in [1.82, 2.24) is 5.32 Å². The van der Waals surface area contributed by atoms with Crippen molar-refractivity contribution >= 4 is 11.6 Å². The summed E-state index contributed by atoms with van der Waals surface area (Å²) in [6.07, 6.45) is 9.31. The Morgan fingerprint density at radius 1 is 0.926 bits per heavy atom. The van der Waals surface area contributed by atoms with E-state index in [2.05, 4.69) is 29.7 Å². The third kappa shape index (κ3) is 6.21. The Balaban J connectivity index is 1.37. The lowest BCUT2D eigenvalue weighted by Crippen LogP contribution is -2.19. The minimum atomic E-state index is -0.0618. The van der Waals surface area contributed by atoms with Crippen molar-refractivity contribution in [2.24, 2.45) is 0 Å². The van der Waals surface area contributed by atoms with Crippen LogP contribution in [0.2, 0.25) is 0 Å². The van der Waals surface area contributed by atoms with Gasteiger partial charge in [0.15, 0.2) is 0 Å². The molecule has 27 heavy (non-hydrogen) atoms. The predicted molar refractivity (Wildman–Crippen MR) is 113 cm³/mol. The summed E-state index contributed by atoms with van der Waals surface area (Å²) >= 11 is 0. The molecule has 0 unspecified atom stereocenters. The number of benzene rings is 2. The highest BCUT2D eigenvalue weighted by atomic mass is 16.1. The van der Waals surface area contributed by atoms with Crippen molar-refractivity contribution < 1.29 is 4.79 Å². The maximum atomic E-state index is 12.2. The molecule has 0 heterocycles. The molecule has 1 aliphatic carbocycles. The Morgan fingerprint density at radius 2 is 1.63 bits per heavy atom. The summed E-state index contributed by atoms with van der Waals surface area (Å²) in [5, 5.41) is 6.66. The standard InChI is InChI=1S/C24H32N2O/c1-2-3-4-5-6-10-17-25-23-18-22(23)19-13-15-21(16-14-19)26-24(27)20-11-8-7-9-12-20/h7-9,11-16,22-23,25H,2-6,10,17-18H2,1H3,(H,26,27)/t22-,23+/m0/s1. The lowest BCUT2D eigenvalue weighted by molar-refractivity contribution is 0.102. The van der Waals surface area contributed by atoms with Crippen LogP contribution in [0.1, 0.15) is 73.7 Å². The molecule has 0 bridgehead atoms. The molecule has 2 N–H and O–H groups in total. The minimum Gasteiger partial charge on any atom is -0.322 e. The van der Waals surface area contributed by atoms with Crippen LogP contribution < -0.4 is 10.6 Å². The van der Waals surface area contributed by atoms with Crippen molar-refractivity contribution in [3.05, 3.63) is 65.7 Å². The van der Waals surface area contributed by atoms with Crippen LogP contribution >= 0.6 is 0 Å². The molecule has 3 nitrogen and oxygen atoms in total. The molecule has 0 saturated heterocycles. The van der Waals surface area contributed by atoms with Gasteiger partial charge in [-0.25, -0.2) is 0 Å². The van der Waals surface area contributed by atoms with E-state index in [1.54, 1.807) is 0 Å². The van der Waals surface area contributed by atoms with Crippen molar-refractivity contribution in [1.29, 1.82) is 0 Å². The predicted octanol–water partition coefficient (Wildman–Crippen LogP) is 5.74. The van der Waals surface area contributed by atoms with E-state index in [0.29, 0.717) is 17.5 Å². The van der Waals surface area contributed by atoms with Gasteiger partial charge >= 0.3 is 0 Å². The summed E-state index contributed by atoms with van der Waals surface area (Å²) in [6, 6.07) is 18.3. The normalized spacial score (nSPS) is 18.3. The number of rotatable bonds is 11. The van der Waals surface area contributed by atoms with Gasteiger partial charge in [0.2, 0.25) is 0 Å². The van der Waals surface area contributed by atoms with Crippen LogP contribution in [0.4, 0.5) is 5.69 Å². The Hall–Kier alpha value is -2.13. The maximum Gasteiger partial charge on any atom is 0.255 e. The lowest BCUT2D eigenvalue weighted by Gasteiger charge is -2.07. The van der Waals surface area contributed by atoms with E-state index in [9.17, 15) is 4.79 Å². The van der Waals surface area contributed by atoms with Gasteiger partial charge in [0.1, 0.15) is 0 Å². The molecule has 1 saturated carbocycles. The third-order valence-electron chi connectivity index (χ3n) is 5.36. The van der Waals surface area contributed by atoms with Crippen molar-refractivity contribution in [2.75, 3.05) is 11.9 Å². The highest BCUT2D eigenvalue weighted by Crippen LogP contribution is 2.41. The number of hydrogen-bond acceptors (Lipinski definition) is 2. The number of anilines is 1. The Labute approximate surface area is 163 Å². The smallest absolute Gasteiger partial charge is 0.255 e. The zero-order valence-electron chi connectivity index (χ0n) is 16.4. The first-order valence-corrected chi connectivity index (χ1v) is 10.5. The van der Waals surface area contributed by atoms with Crippen molar-refractivity contribution in [2.45, 2.75) is 63.8 Å². The monoisotopic (exact) mass is 364 g/mol. The van der Waals surface area contributed by atoms with E-state index in [0.717, 1.165) is 12.2 Å². The second-order valence-electron chi connectivity index (χ2n) is 7.61. The average molecular weight is 365 g/mol. The highest BCUT2D eigenvalue weighted by Gasteiger charge is 2.37. The van der Waals surface area contributed by atoms with Gasteiger partial charge < -0.3 is 10.6 Å². The van der Waals surface area contributed by atoms with E-state index in [1.165, 1.54) is 50.5 Å². The fourth-order valence-corrected chi connectivity index (χ4v) is 3.59. The van der Waals surface area contributed by atoms with Gasteiger partial charge in [-0.05, 0) is 49.2 Å². The molecule has 0 radical (unpaired) electrons. The molecule has 1 aliphatic rings. The second kappa shape index (κ2) is 10.3. The molecule has 3 heteroatoms. The summed E-state index contributed by atoms with van der Waals surface area (Å²) < 4.78 is 0. The summed E-state index contributed by atoms with van der Waals surface area (Å²) in [4.78, 5) is 12.2. The van der Waals surface area contributed by atoms with E-state index in [-0.39, 0.29) is 5.91 Å². The molecular formula is C24H32N2O. The van der Waals surface area contributed by atoms with Crippen LogP contribution in [0, 0.1) is 0 Å². The Kier molecular flexibility index (Phi) is 7.46. The average Bonchev–Trinajstić information content (AvgIpc) is 3.48. The first kappa shape index (κ1) is 19.6. The van der Waals surface area contributed by atoms with Gasteiger partial charge in [0.05, 0.1) is 0 Å². The number of unbranched alkanes of at least 4 members (excludes halogenated alkanes) is 5. The van der Waals surface area contributed by atoms with E-state index < -0.39 is 0 Å². The zero-order valence-corrected chi connectivity index (χ0v) is 16.4. The number of carbonyl (C=O) groups is 1. The van der Waals surface area contributed by atoms with Gasteiger partial charge in [0.25, 0.3) is 5.91 Å². The van der Waals surface area contributed by atoms with Gasteiger partial charge in [-0.1, -0.05) is 69.4 Å². The minimum absolute atomic E-state index is 0.0618. The van der Waals surface area contributed by atoms with Crippen LogP contribution in [-0.4, -0.2) is 18.5 Å². The lowest BCUT2D eigenvalue weighted by atomic mass is 10.1. The highest BCUT2D eigenvalue weighted by molar-refractivity contribution is 6.04. The van der Waals surface area contributed by atoms with E-state index in [4.69, 9.17) is 0 Å². The second-order valence-corrected chi connectivity index (χ2v) is 7.61. The van der Waals surface area contributed by atoms with Crippen LogP contribution in [0.25, 0.3) is 0 Å². The third-order valence-corrected chi connectivity index (χ3v) is 5.36. The summed E-state index contributed by atoms with van der Waals surface area (Å²) in [5.74, 6) is 0.567. The number of hydrogen-bond donors (Lipinski definition) is 2. The summed E-state index contributed by atoms with van der Waals surface area (Å²) in [7, 11) is 0. The fraction of sp³-hybridized carbons (Fsp3) is 0.458. The zero-order chi connectivity index (χ0) is 18.9. The van der Waals surface area contributed by atoms with Gasteiger partial charge in [-0.2, -0.15) is 0 Å². The molecule has 0 spiro atoms. The molecule has 3 rings (SSSR count). The maximum absolute atomic E-state index is 12.2. The van der Waals surface area contributed by atoms with E-state index in [1.807, 2.05) is 42.5 Å². The van der Waals surface area contributed by atoms with Crippen molar-refractivity contribution in [3.63, 3.8) is 0 Å². The molecule has 1 fully saturated rings. The van der Waals surface area contributed by atoms with Crippen LogP contribution in [0.3, 0.4) is 0 Å². The molecule has 1 amide bonds. The topological polar surface area (TPSA) is 41.1 Å².